The van der Waals surface area contributed by atoms with Crippen LogP contribution in [0.25, 0.3) is 0 Å². The summed E-state index contributed by atoms with van der Waals surface area (Å²) in [5.41, 5.74) is 1.76. The van der Waals surface area contributed by atoms with Crippen molar-refractivity contribution in [1.82, 2.24) is 9.88 Å². The van der Waals surface area contributed by atoms with Gasteiger partial charge in [-0.15, -0.1) is 0 Å². The molecule has 0 spiro atoms. The van der Waals surface area contributed by atoms with Gasteiger partial charge in [0.05, 0.1) is 18.3 Å². The average Bonchev–Trinajstić information content (AvgIpc) is 2.42. The van der Waals surface area contributed by atoms with E-state index in [2.05, 4.69) is 4.98 Å². The molecule has 1 aromatic carbocycles. The van der Waals surface area contributed by atoms with Crippen LogP contribution in [0.1, 0.15) is 17.3 Å². The van der Waals surface area contributed by atoms with Crippen LogP contribution in [0.15, 0.2) is 48.7 Å². The average molecular weight is 291 g/mol. The van der Waals surface area contributed by atoms with E-state index in [0.717, 1.165) is 11.3 Å². The number of hydrogen-bond acceptors (Lipinski definition) is 3. The van der Waals surface area contributed by atoms with Crippen molar-refractivity contribution in [3.63, 3.8) is 0 Å². The third-order valence-corrected chi connectivity index (χ3v) is 3.23. The predicted octanol–water partition coefficient (Wildman–Crippen LogP) is 2.84. The van der Waals surface area contributed by atoms with Gasteiger partial charge in [0, 0.05) is 11.2 Å². The van der Waals surface area contributed by atoms with Crippen LogP contribution >= 0.6 is 11.6 Å². The molecule has 0 aliphatic carbocycles. The van der Waals surface area contributed by atoms with Crippen molar-refractivity contribution >= 4 is 17.6 Å². The van der Waals surface area contributed by atoms with Gasteiger partial charge in [0.25, 0.3) is 0 Å². The topological polar surface area (TPSA) is 53.4 Å². The first-order valence-corrected chi connectivity index (χ1v) is 6.54. The maximum Gasteiger partial charge on any atom is 0.317 e. The maximum absolute atomic E-state index is 10.9. The number of hydrogen-bond donors (Lipinski definition) is 1. The Morgan fingerprint density at radius 1 is 1.30 bits per heavy atom. The summed E-state index contributed by atoms with van der Waals surface area (Å²) in [7, 11) is 1.77. The van der Waals surface area contributed by atoms with Crippen LogP contribution in [0, 0.1) is 0 Å². The minimum Gasteiger partial charge on any atom is -0.480 e. The molecule has 1 atom stereocenters. The molecule has 1 aromatic heterocycles. The second-order valence-corrected chi connectivity index (χ2v) is 4.95. The number of pyridine rings is 1. The van der Waals surface area contributed by atoms with Gasteiger partial charge in [0.15, 0.2) is 0 Å². The van der Waals surface area contributed by atoms with Crippen molar-refractivity contribution < 1.29 is 9.90 Å². The second-order valence-electron chi connectivity index (χ2n) is 4.52. The Bertz CT molecular complexity index is 572. The Morgan fingerprint density at radius 2 is 2.00 bits per heavy atom. The smallest absolute Gasteiger partial charge is 0.317 e. The van der Waals surface area contributed by atoms with Crippen molar-refractivity contribution in [3.05, 3.63) is 64.9 Å². The molecule has 1 N–H and O–H groups in total. The summed E-state index contributed by atoms with van der Waals surface area (Å²) < 4.78 is 0. The van der Waals surface area contributed by atoms with E-state index in [-0.39, 0.29) is 12.6 Å². The lowest BCUT2D eigenvalue weighted by Gasteiger charge is -2.26. The van der Waals surface area contributed by atoms with E-state index in [0.29, 0.717) is 5.02 Å². The third-order valence-electron chi connectivity index (χ3n) is 2.98. The molecule has 2 aromatic rings. The summed E-state index contributed by atoms with van der Waals surface area (Å²) in [5.74, 6) is -0.873. The van der Waals surface area contributed by atoms with Gasteiger partial charge in [0.2, 0.25) is 0 Å². The Hall–Kier alpha value is -1.91. The molecule has 0 saturated heterocycles. The molecule has 20 heavy (non-hydrogen) atoms. The normalized spacial score (nSPS) is 12.3. The first-order valence-electron chi connectivity index (χ1n) is 6.16. The number of rotatable bonds is 5. The molecule has 0 aliphatic heterocycles. The van der Waals surface area contributed by atoms with Crippen molar-refractivity contribution in [3.8, 4) is 0 Å². The molecule has 0 unspecified atom stereocenters. The van der Waals surface area contributed by atoms with Gasteiger partial charge in [-0.2, -0.15) is 0 Å². The molecule has 2 rings (SSSR count). The fourth-order valence-corrected chi connectivity index (χ4v) is 2.26. The zero-order valence-corrected chi connectivity index (χ0v) is 11.8. The molecule has 5 heteroatoms. The Morgan fingerprint density at radius 3 is 2.55 bits per heavy atom. The number of carboxylic acids is 1. The summed E-state index contributed by atoms with van der Waals surface area (Å²) >= 11 is 5.90. The number of carbonyl (C=O) groups is 1. The molecule has 0 bridgehead atoms. The van der Waals surface area contributed by atoms with Gasteiger partial charge >= 0.3 is 5.97 Å². The highest BCUT2D eigenvalue weighted by Crippen LogP contribution is 2.26. The number of aromatic nitrogens is 1. The standard InChI is InChI=1S/C15H15ClN2O2/c1-18(10-14(19)20)15(13-4-2-3-9-17-13)11-5-7-12(16)8-6-11/h2-9,15H,10H2,1H3,(H,19,20)/t15-/m1/s1. The van der Waals surface area contributed by atoms with E-state index in [9.17, 15) is 4.79 Å². The number of likely N-dealkylation sites (N-methyl/N-ethyl adjacent to an activating group) is 1. The van der Waals surface area contributed by atoms with E-state index < -0.39 is 5.97 Å². The molecule has 1 heterocycles. The number of nitrogens with zero attached hydrogens (tertiary/aromatic N) is 2. The highest BCUT2D eigenvalue weighted by molar-refractivity contribution is 6.30. The molecule has 0 aliphatic rings. The third kappa shape index (κ3) is 3.56. The van der Waals surface area contributed by atoms with Crippen LogP contribution in [0.4, 0.5) is 0 Å². The van der Waals surface area contributed by atoms with Crippen LogP contribution in [0.5, 0.6) is 0 Å². The molecule has 0 saturated carbocycles. The summed E-state index contributed by atoms with van der Waals surface area (Å²) in [6.07, 6.45) is 1.70. The largest absolute Gasteiger partial charge is 0.480 e. The highest BCUT2D eigenvalue weighted by Gasteiger charge is 2.22. The van der Waals surface area contributed by atoms with Gasteiger partial charge in [-0.05, 0) is 36.9 Å². The fraction of sp³-hybridized carbons (Fsp3) is 0.200. The van der Waals surface area contributed by atoms with E-state index in [1.807, 2.05) is 30.3 Å². The van der Waals surface area contributed by atoms with Gasteiger partial charge in [-0.1, -0.05) is 29.8 Å². The fourth-order valence-electron chi connectivity index (χ4n) is 2.14. The van der Waals surface area contributed by atoms with Crippen molar-refractivity contribution in [2.75, 3.05) is 13.6 Å². The number of benzene rings is 1. The molecule has 0 fully saturated rings. The van der Waals surface area contributed by atoms with Gasteiger partial charge in [-0.25, -0.2) is 0 Å². The lowest BCUT2D eigenvalue weighted by atomic mass is 10.0. The Balaban J connectivity index is 2.38. The van der Waals surface area contributed by atoms with E-state index in [1.165, 1.54) is 0 Å². The predicted molar refractivity (Wildman–Crippen MR) is 77.8 cm³/mol. The lowest BCUT2D eigenvalue weighted by molar-refractivity contribution is -0.138. The first-order chi connectivity index (χ1) is 9.58. The highest BCUT2D eigenvalue weighted by atomic mass is 35.5. The van der Waals surface area contributed by atoms with Crippen LogP contribution < -0.4 is 0 Å². The SMILES string of the molecule is CN(CC(=O)O)[C@H](c1ccc(Cl)cc1)c1ccccn1. The van der Waals surface area contributed by atoms with E-state index >= 15 is 0 Å². The molecular formula is C15H15ClN2O2. The van der Waals surface area contributed by atoms with Crippen molar-refractivity contribution in [1.29, 1.82) is 0 Å². The number of aliphatic carboxylic acids is 1. The van der Waals surface area contributed by atoms with E-state index in [1.54, 1.807) is 30.3 Å². The summed E-state index contributed by atoms with van der Waals surface area (Å²) in [6, 6.07) is 12.8. The van der Waals surface area contributed by atoms with Crippen molar-refractivity contribution in [2.24, 2.45) is 0 Å². The first kappa shape index (κ1) is 14.5. The van der Waals surface area contributed by atoms with Crippen LogP contribution in [0.3, 0.4) is 0 Å². The Labute approximate surface area is 122 Å². The maximum atomic E-state index is 10.9. The van der Waals surface area contributed by atoms with Gasteiger partial charge < -0.3 is 5.11 Å². The molecule has 0 amide bonds. The molecule has 0 radical (unpaired) electrons. The quantitative estimate of drug-likeness (QED) is 0.920. The van der Waals surface area contributed by atoms with Crippen LogP contribution in [-0.2, 0) is 4.79 Å². The zero-order chi connectivity index (χ0) is 14.5. The zero-order valence-electron chi connectivity index (χ0n) is 11.0. The summed E-state index contributed by atoms with van der Waals surface area (Å²) in [5, 5.41) is 9.64. The van der Waals surface area contributed by atoms with Crippen LogP contribution in [0.2, 0.25) is 5.02 Å². The van der Waals surface area contributed by atoms with Crippen LogP contribution in [-0.4, -0.2) is 34.6 Å². The summed E-state index contributed by atoms with van der Waals surface area (Å²) in [6.45, 7) is -0.0656. The summed E-state index contributed by atoms with van der Waals surface area (Å²) in [4.78, 5) is 17.0. The van der Waals surface area contributed by atoms with Crippen molar-refractivity contribution in [2.45, 2.75) is 6.04 Å². The Kier molecular flexibility index (Phi) is 4.71. The molecular weight excluding hydrogens is 276 g/mol. The second kappa shape index (κ2) is 6.50. The van der Waals surface area contributed by atoms with Gasteiger partial charge in [-0.3, -0.25) is 14.7 Å². The number of carboxylic acid groups (broad SMARTS) is 1. The molecule has 104 valence electrons. The number of halogens is 1. The minimum absolute atomic E-state index is 0.0656. The monoisotopic (exact) mass is 290 g/mol. The van der Waals surface area contributed by atoms with Gasteiger partial charge in [0.1, 0.15) is 0 Å². The molecule has 4 nitrogen and oxygen atoms in total. The van der Waals surface area contributed by atoms with E-state index in [4.69, 9.17) is 16.7 Å². The minimum atomic E-state index is -0.873. The lowest BCUT2D eigenvalue weighted by Crippen LogP contribution is -2.31.